The average molecular weight is 1200 g/mol. The number of hydrogen-bond donors (Lipinski definition) is 1. The number of rotatable bonds is 30. The van der Waals surface area contributed by atoms with Gasteiger partial charge in [-0.15, -0.1) is 0 Å². The quantitative estimate of drug-likeness (QED) is 0.00866. The molecule has 0 aromatic heterocycles. The van der Waals surface area contributed by atoms with Crippen molar-refractivity contribution >= 4 is 86.3 Å². The number of carbonyl (C=O) groups excluding carboxylic acids is 7. The second kappa shape index (κ2) is 32.2. The van der Waals surface area contributed by atoms with Gasteiger partial charge < -0.3 is 43.2 Å². The van der Waals surface area contributed by atoms with Crippen LogP contribution in [0.25, 0.3) is 0 Å². The predicted molar refractivity (Wildman–Crippen MR) is 277 cm³/mol. The van der Waals surface area contributed by atoms with Crippen molar-refractivity contribution in [1.82, 2.24) is 4.90 Å². The van der Waals surface area contributed by atoms with Gasteiger partial charge in [-0.05, 0) is 95.5 Å². The highest BCUT2D eigenvalue weighted by molar-refractivity contribution is 14.1. The van der Waals surface area contributed by atoms with Crippen LogP contribution in [0, 0.1) is 29.6 Å². The number of Topliss-reactive ketones (excluding diaryl/α,β-unsaturated/α-hetero) is 3. The molecule has 0 bridgehead atoms. The number of esters is 3. The SMILES string of the molecule is C\C=C/C=C/C=C/[C@@H](C)C[C@@H](C)C(=O)[C@H](OC)[C@H](OC(=O)CI)/C(C)=C/[C@@H](C)C(=O)C[C@H](OC(=O)[C@@H]1CCCCN1C(=O)C(=O)C(C)(O)OC)[C@H](C)C[C@@H]1CC[C@@H](OCCOC(=O)CI)[C@H](OC)C1. The van der Waals surface area contributed by atoms with Gasteiger partial charge in [-0.3, -0.25) is 28.8 Å². The molecular formula is C51H77I2NO15. The lowest BCUT2D eigenvalue weighted by molar-refractivity contribution is -0.193. The molecule has 0 spiro atoms. The lowest BCUT2D eigenvalue weighted by atomic mass is 9.78. The normalized spacial score (nSPS) is 23.1. The van der Waals surface area contributed by atoms with Crippen molar-refractivity contribution in [2.45, 2.75) is 149 Å². The summed E-state index contributed by atoms with van der Waals surface area (Å²) in [6, 6.07) is -1.15. The maximum absolute atomic E-state index is 14.3. The summed E-state index contributed by atoms with van der Waals surface area (Å²) in [5, 5.41) is 10.4. The summed E-state index contributed by atoms with van der Waals surface area (Å²) in [6.45, 7) is 12.5. The molecule has 1 heterocycles. The van der Waals surface area contributed by atoms with Crippen molar-refractivity contribution in [3.05, 3.63) is 48.1 Å². The zero-order chi connectivity index (χ0) is 51.8. The van der Waals surface area contributed by atoms with Gasteiger partial charge in [0.1, 0.15) is 24.5 Å². The molecule has 1 aliphatic carbocycles. The Morgan fingerprint density at radius 1 is 0.841 bits per heavy atom. The number of piperidine rings is 1. The maximum atomic E-state index is 14.3. The third kappa shape index (κ3) is 20.6. The van der Waals surface area contributed by atoms with Crippen LogP contribution in [0.1, 0.15) is 106 Å². The number of allylic oxidation sites excluding steroid dienone is 7. The van der Waals surface area contributed by atoms with Crippen LogP contribution in [0.15, 0.2) is 48.1 Å². The minimum atomic E-state index is -2.40. The van der Waals surface area contributed by atoms with E-state index in [4.69, 9.17) is 33.2 Å². The first-order valence-electron chi connectivity index (χ1n) is 23.9. The highest BCUT2D eigenvalue weighted by Gasteiger charge is 2.44. The number of amides is 1. The van der Waals surface area contributed by atoms with Crippen LogP contribution >= 0.6 is 45.2 Å². The molecule has 16 nitrogen and oxygen atoms in total. The van der Waals surface area contributed by atoms with Crippen LogP contribution in [0.3, 0.4) is 0 Å². The Bertz CT molecular complexity index is 1810. The zero-order valence-electron chi connectivity index (χ0n) is 42.2. The fourth-order valence-corrected chi connectivity index (χ4v) is 9.18. The van der Waals surface area contributed by atoms with Crippen molar-refractivity contribution in [1.29, 1.82) is 0 Å². The molecule has 2 fully saturated rings. The van der Waals surface area contributed by atoms with Crippen LogP contribution in [-0.4, -0.2) is 143 Å². The Balaban J connectivity index is 2.43. The van der Waals surface area contributed by atoms with Crippen molar-refractivity contribution in [2.75, 3.05) is 49.9 Å². The standard InChI is InChI=1S/C51H77I2NO15/c1-11-12-13-14-15-18-32(2)25-35(5)45(58)47(64-9)46(69-44(57)31-53)36(6)26-33(3)39(55)29-41(68-50(61)38-19-16-17-22-54(38)49(60)48(59)51(7,62)65-10)34(4)27-37-20-21-40(42(28-37)63-8)66-23-24-67-43(56)30-52/h11-15,18,26,32-35,37-38,40-42,46-47,62H,16-17,19-25,27-31H2,1-10H3/b12-11-,14-13+,18-15+,36-26+/t32-,33-,34-,35-,37+,38+,40-,41+,42-,46-,47+,51?/m1/s1. The number of ether oxygens (including phenoxy) is 7. The average Bonchev–Trinajstić information content (AvgIpc) is 3.33. The topological polar surface area (TPSA) is 208 Å². The van der Waals surface area contributed by atoms with Crippen LogP contribution in [0.2, 0.25) is 0 Å². The van der Waals surface area contributed by atoms with Crippen LogP contribution < -0.4 is 0 Å². The third-order valence-corrected chi connectivity index (χ3v) is 14.1. The number of nitrogens with zero attached hydrogens (tertiary/aromatic N) is 1. The molecule has 2 aliphatic rings. The summed E-state index contributed by atoms with van der Waals surface area (Å²) < 4.78 is 40.0. The Labute approximate surface area is 436 Å². The van der Waals surface area contributed by atoms with Gasteiger partial charge in [-0.1, -0.05) is 115 Å². The summed E-state index contributed by atoms with van der Waals surface area (Å²) in [7, 11) is 4.09. The lowest BCUT2D eigenvalue weighted by Crippen LogP contribution is -2.56. The number of methoxy groups -OCH3 is 3. The van der Waals surface area contributed by atoms with Gasteiger partial charge in [0.15, 0.2) is 18.0 Å². The number of alkyl halides is 2. The minimum Gasteiger partial charge on any atom is -0.463 e. The number of hydrogen-bond acceptors (Lipinski definition) is 15. The zero-order valence-corrected chi connectivity index (χ0v) is 46.5. The highest BCUT2D eigenvalue weighted by Crippen LogP contribution is 2.35. The Morgan fingerprint density at radius 3 is 2.14 bits per heavy atom. The molecule has 18 heteroatoms. The van der Waals surface area contributed by atoms with Crippen molar-refractivity contribution in [2.24, 2.45) is 29.6 Å². The Hall–Kier alpha value is -2.89. The Morgan fingerprint density at radius 2 is 1.52 bits per heavy atom. The van der Waals surface area contributed by atoms with E-state index in [1.807, 2.05) is 109 Å². The van der Waals surface area contributed by atoms with E-state index in [0.29, 0.717) is 44.1 Å². The van der Waals surface area contributed by atoms with Gasteiger partial charge in [0.05, 0.1) is 27.7 Å². The van der Waals surface area contributed by atoms with Gasteiger partial charge in [0.25, 0.3) is 11.7 Å². The monoisotopic (exact) mass is 1200 g/mol. The van der Waals surface area contributed by atoms with Gasteiger partial charge in [0, 0.05) is 46.1 Å². The van der Waals surface area contributed by atoms with E-state index in [0.717, 1.165) is 25.4 Å². The van der Waals surface area contributed by atoms with Gasteiger partial charge in [0.2, 0.25) is 5.79 Å². The molecule has 1 saturated carbocycles. The molecule has 2 rings (SSSR count). The number of aliphatic hydroxyl groups is 1. The molecule has 1 amide bonds. The highest BCUT2D eigenvalue weighted by atomic mass is 127. The fourth-order valence-electron chi connectivity index (χ4n) is 8.78. The number of likely N-dealkylation sites (tertiary alicyclic amines) is 1. The number of carbonyl (C=O) groups is 7. The van der Waals surface area contributed by atoms with E-state index in [9.17, 15) is 38.7 Å². The maximum Gasteiger partial charge on any atom is 0.329 e. The molecule has 1 unspecified atom stereocenters. The number of ketones is 3. The molecule has 69 heavy (non-hydrogen) atoms. The van der Waals surface area contributed by atoms with Gasteiger partial charge in [-0.25, -0.2) is 4.79 Å². The van der Waals surface area contributed by atoms with Crippen molar-refractivity contribution < 1.29 is 71.8 Å². The van der Waals surface area contributed by atoms with E-state index in [1.165, 1.54) is 7.11 Å². The minimum absolute atomic E-state index is 0.0172. The smallest absolute Gasteiger partial charge is 0.329 e. The van der Waals surface area contributed by atoms with Crippen molar-refractivity contribution in [3.8, 4) is 0 Å². The first kappa shape index (κ1) is 62.2. The molecule has 1 saturated heterocycles. The first-order valence-corrected chi connectivity index (χ1v) is 26.9. The van der Waals surface area contributed by atoms with E-state index < -0.39 is 65.6 Å². The summed E-state index contributed by atoms with van der Waals surface area (Å²) in [5.74, 6) is -8.38. The van der Waals surface area contributed by atoms with Crippen LogP contribution in [0.5, 0.6) is 0 Å². The molecule has 0 aromatic carbocycles. The summed E-state index contributed by atoms with van der Waals surface area (Å²) >= 11 is 3.82. The molecular weight excluding hydrogens is 1120 g/mol. The molecule has 1 aliphatic heterocycles. The number of halogens is 2. The van der Waals surface area contributed by atoms with E-state index in [-0.39, 0.29) is 89.0 Å². The molecule has 0 radical (unpaired) electrons. The molecule has 0 aromatic rings. The fraction of sp³-hybridized carbons (Fsp3) is 0.706. The Kier molecular flexibility index (Phi) is 29.1. The van der Waals surface area contributed by atoms with Crippen LogP contribution in [0.4, 0.5) is 0 Å². The largest absolute Gasteiger partial charge is 0.463 e. The summed E-state index contributed by atoms with van der Waals surface area (Å²) in [4.78, 5) is 94.5. The summed E-state index contributed by atoms with van der Waals surface area (Å²) in [5.41, 5.74) is 0.436. The second-order valence-corrected chi connectivity index (χ2v) is 19.8. The van der Waals surface area contributed by atoms with E-state index >= 15 is 0 Å². The van der Waals surface area contributed by atoms with E-state index in [2.05, 4.69) is 0 Å². The van der Waals surface area contributed by atoms with Gasteiger partial charge >= 0.3 is 17.9 Å². The predicted octanol–water partition coefficient (Wildman–Crippen LogP) is 7.23. The molecule has 12 atom stereocenters. The molecule has 1 N–H and O–H groups in total. The lowest BCUT2D eigenvalue weighted by Gasteiger charge is -2.38. The third-order valence-electron chi connectivity index (χ3n) is 12.8. The van der Waals surface area contributed by atoms with Crippen molar-refractivity contribution in [3.63, 3.8) is 0 Å². The first-order chi connectivity index (χ1) is 32.7. The second-order valence-electron chi connectivity index (χ2n) is 18.3. The van der Waals surface area contributed by atoms with Crippen LogP contribution in [-0.2, 0) is 66.7 Å². The van der Waals surface area contributed by atoms with E-state index in [1.54, 1.807) is 27.0 Å². The summed E-state index contributed by atoms with van der Waals surface area (Å²) in [6.07, 6.45) is 13.7. The van der Waals surface area contributed by atoms with Gasteiger partial charge in [-0.2, -0.15) is 0 Å². The molecule has 390 valence electrons.